The fraction of sp³-hybridized carbons (Fsp3) is 0.583. The van der Waals surface area contributed by atoms with Crippen LogP contribution in [0.2, 0.25) is 0 Å². The van der Waals surface area contributed by atoms with E-state index in [0.717, 1.165) is 37.3 Å². The highest BCUT2D eigenvalue weighted by molar-refractivity contribution is 5.94. The Bertz CT molecular complexity index is 687. The van der Waals surface area contributed by atoms with Crippen molar-refractivity contribution in [1.29, 1.82) is 0 Å². The molecule has 0 aromatic heterocycles. The van der Waals surface area contributed by atoms with Gasteiger partial charge in [0.1, 0.15) is 0 Å². The number of rotatable bonds is 9. The molecule has 1 aromatic carbocycles. The summed E-state index contributed by atoms with van der Waals surface area (Å²) in [5, 5.41) is 8.11. The van der Waals surface area contributed by atoms with Crippen LogP contribution in [0.5, 0.6) is 0 Å². The summed E-state index contributed by atoms with van der Waals surface area (Å²) in [5.41, 5.74) is 5.22. The molecule has 1 aliphatic carbocycles. The van der Waals surface area contributed by atoms with Gasteiger partial charge in [0.05, 0.1) is 12.6 Å². The maximum atomic E-state index is 12.1. The molecule has 3 rings (SSSR count). The highest BCUT2D eigenvalue weighted by atomic mass is 16.5. The number of nitrogens with zero attached hydrogens (tertiary/aromatic N) is 1. The van der Waals surface area contributed by atoms with Crippen LogP contribution in [-0.2, 0) is 9.53 Å². The molecule has 2 aliphatic rings. The number of ether oxygens (including phenoxy) is 1. The maximum Gasteiger partial charge on any atom is 0.251 e. The fourth-order valence-electron chi connectivity index (χ4n) is 4.12. The number of carbonyl (C=O) groups excluding carboxylic acids is 2. The summed E-state index contributed by atoms with van der Waals surface area (Å²) >= 11 is 0. The van der Waals surface area contributed by atoms with Crippen LogP contribution in [0.25, 0.3) is 0 Å². The van der Waals surface area contributed by atoms with E-state index in [0.29, 0.717) is 30.5 Å². The summed E-state index contributed by atoms with van der Waals surface area (Å²) in [4.78, 5) is 22.2. The molecule has 1 saturated carbocycles. The molecular weight excluding hydrogens is 392 g/mol. The lowest BCUT2D eigenvalue weighted by Crippen LogP contribution is -2.42. The molecule has 2 fully saturated rings. The molecular formula is C24H38N4O3. The van der Waals surface area contributed by atoms with Crippen LogP contribution in [-0.4, -0.2) is 50.2 Å². The lowest BCUT2D eigenvalue weighted by molar-refractivity contribution is -0.114. The Balaban J connectivity index is 0.000000262. The number of allylic oxidation sites excluding steroid dienone is 1. The first-order valence-electron chi connectivity index (χ1n) is 11.3. The Kier molecular flexibility index (Phi) is 11.1. The molecule has 7 nitrogen and oxygen atoms in total. The smallest absolute Gasteiger partial charge is 0.251 e. The minimum atomic E-state index is 0.0254. The van der Waals surface area contributed by atoms with Crippen molar-refractivity contribution < 1.29 is 14.3 Å². The van der Waals surface area contributed by atoms with Crippen molar-refractivity contribution in [3.8, 4) is 0 Å². The quantitative estimate of drug-likeness (QED) is 0.521. The van der Waals surface area contributed by atoms with E-state index in [-0.39, 0.29) is 5.91 Å². The second-order valence-corrected chi connectivity index (χ2v) is 8.39. The SMILES string of the molecule is C=C(C)Nc1ccc(C(=O)NCC2CCCCC2)cc1.COC[C@@H]1CCCN1NC=O. The van der Waals surface area contributed by atoms with E-state index >= 15 is 0 Å². The zero-order chi connectivity index (χ0) is 22.5. The molecule has 3 N–H and O–H groups in total. The third kappa shape index (κ3) is 9.11. The minimum absolute atomic E-state index is 0.0254. The molecule has 7 heteroatoms. The standard InChI is InChI=1S/C17H24N2O.C7H14N2O2/c1-13(2)19-16-10-8-15(9-11-16)17(20)18-12-14-6-4-3-5-7-14;1-11-5-7-3-2-4-9(7)8-6-10/h8-11,14,19H,1,3-7,12H2,2H3,(H,18,20);6-7H,2-5H2,1H3,(H,8,10)/t;7-/m.0/s1. The first-order chi connectivity index (χ1) is 15.0. The molecule has 0 spiro atoms. The van der Waals surface area contributed by atoms with E-state index in [9.17, 15) is 9.59 Å². The third-order valence-electron chi connectivity index (χ3n) is 5.74. The Hall–Kier alpha value is -2.38. The van der Waals surface area contributed by atoms with Crippen LogP contribution in [0, 0.1) is 5.92 Å². The van der Waals surface area contributed by atoms with E-state index in [1.54, 1.807) is 7.11 Å². The lowest BCUT2D eigenvalue weighted by Gasteiger charge is -2.21. The monoisotopic (exact) mass is 430 g/mol. The van der Waals surface area contributed by atoms with Crippen molar-refractivity contribution in [3.05, 3.63) is 42.1 Å². The van der Waals surface area contributed by atoms with Gasteiger partial charge in [-0.3, -0.25) is 15.0 Å². The van der Waals surface area contributed by atoms with Gasteiger partial charge in [-0.15, -0.1) is 0 Å². The first kappa shape index (κ1) is 24.9. The zero-order valence-electron chi connectivity index (χ0n) is 19.0. The average molecular weight is 431 g/mol. The van der Waals surface area contributed by atoms with E-state index in [2.05, 4.69) is 22.6 Å². The first-order valence-corrected chi connectivity index (χ1v) is 11.3. The van der Waals surface area contributed by atoms with Crippen LogP contribution < -0.4 is 16.1 Å². The van der Waals surface area contributed by atoms with Crippen LogP contribution >= 0.6 is 0 Å². The van der Waals surface area contributed by atoms with Gasteiger partial charge >= 0.3 is 0 Å². The summed E-state index contributed by atoms with van der Waals surface area (Å²) in [5.74, 6) is 0.689. The number of benzene rings is 1. The molecule has 172 valence electrons. The topological polar surface area (TPSA) is 82.7 Å². The Morgan fingerprint density at radius 3 is 2.48 bits per heavy atom. The van der Waals surface area contributed by atoms with Gasteiger partial charge in [-0.2, -0.15) is 0 Å². The zero-order valence-corrected chi connectivity index (χ0v) is 19.0. The van der Waals surface area contributed by atoms with Gasteiger partial charge < -0.3 is 15.4 Å². The molecule has 1 aromatic rings. The second kappa shape index (κ2) is 13.8. The van der Waals surface area contributed by atoms with Crippen molar-refractivity contribution in [2.75, 3.05) is 32.1 Å². The van der Waals surface area contributed by atoms with E-state index < -0.39 is 0 Å². The van der Waals surface area contributed by atoms with Crippen LogP contribution in [0.15, 0.2) is 36.5 Å². The number of carbonyl (C=O) groups is 2. The van der Waals surface area contributed by atoms with Gasteiger partial charge in [0.2, 0.25) is 6.41 Å². The molecule has 31 heavy (non-hydrogen) atoms. The van der Waals surface area contributed by atoms with Crippen molar-refractivity contribution in [1.82, 2.24) is 15.8 Å². The van der Waals surface area contributed by atoms with E-state index in [4.69, 9.17) is 4.74 Å². The van der Waals surface area contributed by atoms with Crippen molar-refractivity contribution >= 4 is 18.0 Å². The van der Waals surface area contributed by atoms with Crippen LogP contribution in [0.1, 0.15) is 62.2 Å². The second-order valence-electron chi connectivity index (χ2n) is 8.39. The van der Waals surface area contributed by atoms with E-state index in [1.165, 1.54) is 32.1 Å². The molecule has 0 unspecified atom stereocenters. The summed E-state index contributed by atoms with van der Waals surface area (Å²) in [6, 6.07) is 7.88. The maximum absolute atomic E-state index is 12.1. The molecule has 1 heterocycles. The normalized spacial score (nSPS) is 19.1. The van der Waals surface area contributed by atoms with Crippen molar-refractivity contribution in [2.45, 2.75) is 57.9 Å². The molecule has 1 atom stereocenters. The largest absolute Gasteiger partial charge is 0.383 e. The molecule has 0 bridgehead atoms. The summed E-state index contributed by atoms with van der Waals surface area (Å²) < 4.78 is 5.00. The Morgan fingerprint density at radius 2 is 1.87 bits per heavy atom. The minimum Gasteiger partial charge on any atom is -0.383 e. The van der Waals surface area contributed by atoms with E-state index in [1.807, 2.05) is 36.2 Å². The van der Waals surface area contributed by atoms with Gasteiger partial charge in [-0.05, 0) is 62.8 Å². The van der Waals surface area contributed by atoms with Gasteiger partial charge in [0.15, 0.2) is 0 Å². The Labute approximate surface area is 186 Å². The highest BCUT2D eigenvalue weighted by Crippen LogP contribution is 2.23. The summed E-state index contributed by atoms with van der Waals surface area (Å²) in [7, 11) is 1.68. The molecule has 1 aliphatic heterocycles. The third-order valence-corrected chi connectivity index (χ3v) is 5.74. The summed E-state index contributed by atoms with van der Waals surface area (Å²) in [6.45, 7) is 8.15. The predicted molar refractivity (Wildman–Crippen MR) is 125 cm³/mol. The van der Waals surface area contributed by atoms with Crippen LogP contribution in [0.3, 0.4) is 0 Å². The van der Waals surface area contributed by atoms with Gasteiger partial charge in [0.25, 0.3) is 5.91 Å². The summed E-state index contributed by atoms with van der Waals surface area (Å²) in [6.07, 6.45) is 9.42. The molecule has 1 saturated heterocycles. The molecule has 0 radical (unpaired) electrons. The number of methoxy groups -OCH3 is 1. The lowest BCUT2D eigenvalue weighted by atomic mass is 9.89. The number of hydrogen-bond acceptors (Lipinski definition) is 5. The number of anilines is 1. The highest BCUT2D eigenvalue weighted by Gasteiger charge is 2.23. The van der Waals surface area contributed by atoms with Gasteiger partial charge in [-0.25, -0.2) is 5.01 Å². The predicted octanol–water partition coefficient (Wildman–Crippen LogP) is 3.70. The van der Waals surface area contributed by atoms with Crippen molar-refractivity contribution in [3.63, 3.8) is 0 Å². The average Bonchev–Trinajstić information content (AvgIpc) is 3.21. The number of amides is 2. The number of hydrazine groups is 1. The van der Waals surface area contributed by atoms with Crippen LogP contribution in [0.4, 0.5) is 5.69 Å². The van der Waals surface area contributed by atoms with Gasteiger partial charge in [0, 0.05) is 37.1 Å². The van der Waals surface area contributed by atoms with Crippen molar-refractivity contribution in [2.24, 2.45) is 5.92 Å². The fourth-order valence-corrected chi connectivity index (χ4v) is 4.12. The number of nitrogens with one attached hydrogen (secondary N) is 3. The number of hydrogen-bond donors (Lipinski definition) is 3. The van der Waals surface area contributed by atoms with Gasteiger partial charge in [-0.1, -0.05) is 25.8 Å². The Morgan fingerprint density at radius 1 is 1.16 bits per heavy atom. The molecule has 2 amide bonds.